The van der Waals surface area contributed by atoms with Crippen LogP contribution in [0.5, 0.6) is 5.88 Å². The lowest BCUT2D eigenvalue weighted by Gasteiger charge is -2.01. The van der Waals surface area contributed by atoms with Gasteiger partial charge >= 0.3 is 0 Å². The fourth-order valence-electron chi connectivity index (χ4n) is 2.94. The van der Waals surface area contributed by atoms with E-state index in [-0.39, 0.29) is 5.88 Å². The molecule has 0 amide bonds. The maximum Gasteiger partial charge on any atom is 0.224 e. The molecule has 0 unspecified atom stereocenters. The van der Waals surface area contributed by atoms with Crippen LogP contribution >= 0.6 is 0 Å². The molecule has 6 nitrogen and oxygen atoms in total. The van der Waals surface area contributed by atoms with Crippen molar-refractivity contribution in [1.82, 2.24) is 20.1 Å². The Balaban J connectivity index is 2.03. The van der Waals surface area contributed by atoms with Gasteiger partial charge < -0.3 is 14.6 Å². The number of aryl methyl sites for hydroxylation is 3. The minimum atomic E-state index is -0.00108. The highest BCUT2D eigenvalue weighted by molar-refractivity contribution is 6.09. The van der Waals surface area contributed by atoms with Crippen molar-refractivity contribution in [2.75, 3.05) is 0 Å². The first-order valence-electron chi connectivity index (χ1n) is 6.97. The molecule has 0 aliphatic heterocycles. The van der Waals surface area contributed by atoms with E-state index in [1.54, 1.807) is 6.92 Å². The van der Waals surface area contributed by atoms with Gasteiger partial charge in [0, 0.05) is 16.5 Å². The molecule has 0 spiro atoms. The highest BCUT2D eigenvalue weighted by atomic mass is 16.5. The maximum absolute atomic E-state index is 10.1. The summed E-state index contributed by atoms with van der Waals surface area (Å²) in [5.74, 6) is 1.31. The molecule has 0 radical (unpaired) electrons. The van der Waals surface area contributed by atoms with Crippen molar-refractivity contribution in [1.29, 1.82) is 0 Å². The monoisotopic (exact) mass is 294 g/mol. The summed E-state index contributed by atoms with van der Waals surface area (Å²) in [6, 6.07) is 5.95. The predicted octanol–water partition coefficient (Wildman–Crippen LogP) is 3.40. The van der Waals surface area contributed by atoms with E-state index in [9.17, 15) is 5.11 Å². The zero-order chi connectivity index (χ0) is 15.4. The lowest BCUT2D eigenvalue weighted by Crippen LogP contribution is -1.87. The summed E-state index contributed by atoms with van der Waals surface area (Å²) in [6.07, 6.45) is 0. The Morgan fingerprint density at radius 3 is 2.68 bits per heavy atom. The van der Waals surface area contributed by atoms with Crippen LogP contribution in [0, 0.1) is 20.8 Å². The van der Waals surface area contributed by atoms with Crippen LogP contribution in [0.2, 0.25) is 0 Å². The van der Waals surface area contributed by atoms with Crippen LogP contribution in [0.3, 0.4) is 0 Å². The number of aromatic amines is 1. The number of aromatic nitrogens is 4. The molecule has 0 aliphatic carbocycles. The molecule has 0 fully saturated rings. The van der Waals surface area contributed by atoms with E-state index in [4.69, 9.17) is 4.52 Å². The van der Waals surface area contributed by atoms with E-state index in [2.05, 4.69) is 20.1 Å². The predicted molar refractivity (Wildman–Crippen MR) is 82.8 cm³/mol. The smallest absolute Gasteiger partial charge is 0.224 e. The second-order valence-electron chi connectivity index (χ2n) is 5.40. The zero-order valence-electron chi connectivity index (χ0n) is 12.4. The van der Waals surface area contributed by atoms with Gasteiger partial charge in [0.1, 0.15) is 17.2 Å². The molecule has 110 valence electrons. The molecule has 3 heterocycles. The molecule has 4 rings (SSSR count). The van der Waals surface area contributed by atoms with Crippen LogP contribution in [-0.2, 0) is 0 Å². The molecule has 22 heavy (non-hydrogen) atoms. The molecule has 6 heteroatoms. The number of hydrogen-bond acceptors (Lipinski definition) is 5. The van der Waals surface area contributed by atoms with Crippen molar-refractivity contribution in [3.05, 3.63) is 35.5 Å². The summed E-state index contributed by atoms with van der Waals surface area (Å²) < 4.78 is 5.23. The number of nitrogens with zero attached hydrogens (tertiary/aromatic N) is 3. The van der Waals surface area contributed by atoms with Gasteiger partial charge in [-0.3, -0.25) is 0 Å². The Hall–Kier alpha value is -2.89. The van der Waals surface area contributed by atoms with Gasteiger partial charge in [-0.1, -0.05) is 17.3 Å². The highest BCUT2D eigenvalue weighted by Gasteiger charge is 2.15. The summed E-state index contributed by atoms with van der Waals surface area (Å²) >= 11 is 0. The zero-order valence-corrected chi connectivity index (χ0v) is 12.4. The van der Waals surface area contributed by atoms with Crippen molar-refractivity contribution in [3.8, 4) is 17.0 Å². The molecule has 4 aromatic rings. The van der Waals surface area contributed by atoms with Crippen LogP contribution < -0.4 is 0 Å². The summed E-state index contributed by atoms with van der Waals surface area (Å²) in [7, 11) is 0. The molecule has 2 N–H and O–H groups in total. The molecular weight excluding hydrogens is 280 g/mol. The normalized spacial score (nSPS) is 11.6. The summed E-state index contributed by atoms with van der Waals surface area (Å²) in [5, 5.41) is 15.6. The fraction of sp³-hybridized carbons (Fsp3) is 0.188. The molecule has 0 aliphatic rings. The van der Waals surface area contributed by atoms with Gasteiger partial charge in [0.2, 0.25) is 5.88 Å². The van der Waals surface area contributed by atoms with Gasteiger partial charge in [-0.05, 0) is 32.4 Å². The first-order valence-corrected chi connectivity index (χ1v) is 6.97. The molecule has 0 saturated heterocycles. The Bertz CT molecular complexity index is 1010. The van der Waals surface area contributed by atoms with Gasteiger partial charge in [0.05, 0.1) is 11.1 Å². The van der Waals surface area contributed by atoms with Crippen molar-refractivity contribution < 1.29 is 9.63 Å². The molecule has 0 bridgehead atoms. The Kier molecular flexibility index (Phi) is 2.51. The quantitative estimate of drug-likeness (QED) is 0.561. The van der Waals surface area contributed by atoms with Crippen molar-refractivity contribution in [2.24, 2.45) is 0 Å². The molecular formula is C16H14N4O2. The lowest BCUT2D eigenvalue weighted by atomic mass is 10.0. The van der Waals surface area contributed by atoms with E-state index in [1.165, 1.54) is 0 Å². The van der Waals surface area contributed by atoms with Gasteiger partial charge in [-0.2, -0.15) is 4.98 Å². The van der Waals surface area contributed by atoms with Crippen molar-refractivity contribution in [3.63, 3.8) is 0 Å². The maximum atomic E-state index is 10.1. The van der Waals surface area contributed by atoms with E-state index in [0.717, 1.165) is 33.5 Å². The number of aromatic hydroxyl groups is 1. The number of fused-ring (bicyclic) bond motifs is 3. The molecule has 1 aromatic carbocycles. The Morgan fingerprint density at radius 2 is 1.95 bits per heavy atom. The third-order valence-electron chi connectivity index (χ3n) is 3.87. The van der Waals surface area contributed by atoms with Crippen LogP contribution in [-0.4, -0.2) is 25.2 Å². The van der Waals surface area contributed by atoms with E-state index in [1.807, 2.05) is 32.0 Å². The van der Waals surface area contributed by atoms with E-state index in [0.29, 0.717) is 16.9 Å². The van der Waals surface area contributed by atoms with Crippen molar-refractivity contribution in [2.45, 2.75) is 20.8 Å². The first-order chi connectivity index (χ1) is 10.5. The standard InChI is InChI=1S/C16H14N4O2/c1-7-13(8(2)22-20-7)10-4-5-11-12(6-10)19-15-14(11)16(21)18-9(3)17-15/h4-6H,1-3H3,(H2,17,18,19,21). The van der Waals surface area contributed by atoms with Crippen LogP contribution in [0.15, 0.2) is 22.7 Å². The van der Waals surface area contributed by atoms with Crippen LogP contribution in [0.4, 0.5) is 0 Å². The SMILES string of the molecule is Cc1nc(O)c2c(n1)[nH]c1cc(-c3c(C)noc3C)ccc12. The fourth-order valence-corrected chi connectivity index (χ4v) is 2.94. The second kappa shape index (κ2) is 4.30. The number of hydrogen-bond donors (Lipinski definition) is 2. The van der Waals surface area contributed by atoms with Crippen LogP contribution in [0.1, 0.15) is 17.3 Å². The van der Waals surface area contributed by atoms with Gasteiger partial charge in [-0.25, -0.2) is 4.98 Å². The Morgan fingerprint density at radius 1 is 1.14 bits per heavy atom. The number of H-pyrrole nitrogens is 1. The molecule has 0 saturated carbocycles. The Labute approximate surface area is 125 Å². The summed E-state index contributed by atoms with van der Waals surface area (Å²) in [5.41, 5.74) is 4.39. The average Bonchev–Trinajstić information content (AvgIpc) is 2.97. The third-order valence-corrected chi connectivity index (χ3v) is 3.87. The number of rotatable bonds is 1. The van der Waals surface area contributed by atoms with E-state index >= 15 is 0 Å². The topological polar surface area (TPSA) is 87.8 Å². The summed E-state index contributed by atoms with van der Waals surface area (Å²) in [6.45, 7) is 5.56. The largest absolute Gasteiger partial charge is 0.493 e. The molecule has 0 atom stereocenters. The number of benzene rings is 1. The van der Waals surface area contributed by atoms with Crippen molar-refractivity contribution >= 4 is 21.9 Å². The summed E-state index contributed by atoms with van der Waals surface area (Å²) in [4.78, 5) is 11.6. The minimum Gasteiger partial charge on any atom is -0.493 e. The van der Waals surface area contributed by atoms with Gasteiger partial charge in [0.15, 0.2) is 0 Å². The third kappa shape index (κ3) is 1.70. The lowest BCUT2D eigenvalue weighted by molar-refractivity contribution is 0.393. The van der Waals surface area contributed by atoms with Crippen LogP contribution in [0.25, 0.3) is 33.1 Å². The minimum absolute atomic E-state index is 0.00108. The average molecular weight is 294 g/mol. The molecule has 3 aromatic heterocycles. The highest BCUT2D eigenvalue weighted by Crippen LogP contribution is 2.34. The second-order valence-corrected chi connectivity index (χ2v) is 5.40. The van der Waals surface area contributed by atoms with Gasteiger partial charge in [-0.15, -0.1) is 0 Å². The van der Waals surface area contributed by atoms with E-state index < -0.39 is 0 Å². The number of nitrogens with one attached hydrogen (secondary N) is 1. The first kappa shape index (κ1) is 12.8. The van der Waals surface area contributed by atoms with Gasteiger partial charge in [0.25, 0.3) is 0 Å².